The van der Waals surface area contributed by atoms with Gasteiger partial charge >= 0.3 is 0 Å². The molecule has 0 heterocycles. The van der Waals surface area contributed by atoms with Crippen molar-refractivity contribution in [1.82, 2.24) is 0 Å². The van der Waals surface area contributed by atoms with Crippen molar-refractivity contribution in [2.24, 2.45) is 0 Å². The van der Waals surface area contributed by atoms with Gasteiger partial charge in [-0.05, 0) is 12.8 Å². The van der Waals surface area contributed by atoms with Crippen LogP contribution in [-0.4, -0.2) is 22.4 Å². The molecule has 2 heteroatoms. The average Bonchev–Trinajstić information content (AvgIpc) is 2.94. The molecule has 0 radical (unpaired) electrons. The van der Waals surface area contributed by atoms with E-state index in [1.165, 1.54) is 186 Å². The smallest absolute Gasteiger partial charge is 0.0799 e. The molecule has 0 aromatic heterocycles. The lowest BCUT2D eigenvalue weighted by atomic mass is 9.99. The van der Waals surface area contributed by atoms with Crippen LogP contribution in [0.5, 0.6) is 0 Å². The molecule has 0 aliphatic heterocycles. The van der Waals surface area contributed by atoms with E-state index in [2.05, 4.69) is 13.8 Å². The van der Waals surface area contributed by atoms with Crippen LogP contribution in [0.1, 0.15) is 226 Å². The van der Waals surface area contributed by atoms with E-state index in [0.717, 1.165) is 25.7 Å². The molecule has 0 bridgehead atoms. The van der Waals surface area contributed by atoms with Crippen LogP contribution in [0.15, 0.2) is 0 Å². The lowest BCUT2D eigenvalue weighted by Gasteiger charge is -2.17. The second-order valence-corrected chi connectivity index (χ2v) is 13.0. The van der Waals surface area contributed by atoms with Crippen LogP contribution in [0.25, 0.3) is 0 Å². The summed E-state index contributed by atoms with van der Waals surface area (Å²) in [6.45, 7) is 4.56. The standard InChI is InChI=1S/C37H76O2/c1-3-5-7-9-11-13-14-15-16-17-18-19-20-21-22-23-24-25-27-29-31-33-35-37(39)36(38)34-32-30-28-26-12-10-8-6-4-2/h36-39H,3-35H2,1-2H3. The SMILES string of the molecule is CCCCCCCCCCCCCCCCCCCCCCCCC(O)C(O)CCCCCCCCCCC. The minimum absolute atomic E-state index is 0.510. The number of hydrogen-bond acceptors (Lipinski definition) is 2. The third-order valence-corrected chi connectivity index (χ3v) is 8.90. The van der Waals surface area contributed by atoms with Crippen molar-refractivity contribution in [1.29, 1.82) is 0 Å². The Balaban J connectivity index is 3.22. The molecular formula is C37H76O2. The van der Waals surface area contributed by atoms with E-state index in [9.17, 15) is 10.2 Å². The Morgan fingerprint density at radius 3 is 0.590 bits per heavy atom. The molecule has 2 N–H and O–H groups in total. The molecule has 39 heavy (non-hydrogen) atoms. The van der Waals surface area contributed by atoms with Crippen LogP contribution >= 0.6 is 0 Å². The van der Waals surface area contributed by atoms with E-state index < -0.39 is 12.2 Å². The van der Waals surface area contributed by atoms with Gasteiger partial charge in [-0.3, -0.25) is 0 Å². The lowest BCUT2D eigenvalue weighted by Crippen LogP contribution is -2.25. The highest BCUT2D eigenvalue weighted by Gasteiger charge is 2.15. The van der Waals surface area contributed by atoms with Crippen molar-refractivity contribution in [3.05, 3.63) is 0 Å². The van der Waals surface area contributed by atoms with E-state index in [-0.39, 0.29) is 0 Å². The first kappa shape index (κ1) is 38.9. The van der Waals surface area contributed by atoms with E-state index in [0.29, 0.717) is 0 Å². The van der Waals surface area contributed by atoms with Gasteiger partial charge in [0.05, 0.1) is 12.2 Å². The maximum absolute atomic E-state index is 10.3. The first-order chi connectivity index (χ1) is 19.2. The topological polar surface area (TPSA) is 40.5 Å². The fourth-order valence-electron chi connectivity index (χ4n) is 6.01. The van der Waals surface area contributed by atoms with Crippen LogP contribution in [0.3, 0.4) is 0 Å². The maximum Gasteiger partial charge on any atom is 0.0799 e. The molecule has 0 fully saturated rings. The minimum Gasteiger partial charge on any atom is -0.390 e. The van der Waals surface area contributed by atoms with Crippen LogP contribution in [-0.2, 0) is 0 Å². The number of aliphatic hydroxyl groups is 2. The molecule has 2 nitrogen and oxygen atoms in total. The van der Waals surface area contributed by atoms with Crippen LogP contribution in [0.2, 0.25) is 0 Å². The summed E-state index contributed by atoms with van der Waals surface area (Å²) in [6.07, 6.45) is 43.1. The number of unbranched alkanes of at least 4 members (excludes halogenated alkanes) is 29. The highest BCUT2D eigenvalue weighted by Crippen LogP contribution is 2.17. The molecule has 0 saturated carbocycles. The van der Waals surface area contributed by atoms with Gasteiger partial charge in [0.2, 0.25) is 0 Å². The molecule has 0 aromatic carbocycles. The summed E-state index contributed by atoms with van der Waals surface area (Å²) < 4.78 is 0. The second-order valence-electron chi connectivity index (χ2n) is 13.0. The van der Waals surface area contributed by atoms with E-state index in [1.54, 1.807) is 0 Å². The van der Waals surface area contributed by atoms with Gasteiger partial charge in [0.25, 0.3) is 0 Å². The van der Waals surface area contributed by atoms with Crippen LogP contribution in [0, 0.1) is 0 Å². The molecule has 0 amide bonds. The molecule has 0 aromatic rings. The normalized spacial score (nSPS) is 13.2. The van der Waals surface area contributed by atoms with E-state index in [4.69, 9.17) is 0 Å². The monoisotopic (exact) mass is 553 g/mol. The van der Waals surface area contributed by atoms with Crippen molar-refractivity contribution < 1.29 is 10.2 Å². The van der Waals surface area contributed by atoms with E-state index in [1.807, 2.05) is 0 Å². The van der Waals surface area contributed by atoms with Crippen molar-refractivity contribution in [2.75, 3.05) is 0 Å². The quantitative estimate of drug-likeness (QED) is 0.0779. The average molecular weight is 553 g/mol. The fourth-order valence-corrected chi connectivity index (χ4v) is 6.01. The molecule has 0 aliphatic rings. The number of aliphatic hydroxyl groups excluding tert-OH is 2. The Hall–Kier alpha value is -0.0800. The highest BCUT2D eigenvalue weighted by molar-refractivity contribution is 4.67. The Bertz CT molecular complexity index is 424. The number of rotatable bonds is 34. The third-order valence-electron chi connectivity index (χ3n) is 8.90. The summed E-state index contributed by atoms with van der Waals surface area (Å²) in [5, 5.41) is 20.5. The Kier molecular flexibility index (Phi) is 34.1. The maximum atomic E-state index is 10.3. The van der Waals surface area contributed by atoms with Crippen molar-refractivity contribution in [3.63, 3.8) is 0 Å². The fraction of sp³-hybridized carbons (Fsp3) is 1.00. The summed E-state index contributed by atoms with van der Waals surface area (Å²) in [5.74, 6) is 0. The predicted octanol–water partition coefficient (Wildman–Crippen LogP) is 12.6. The van der Waals surface area contributed by atoms with Gasteiger partial charge in [-0.15, -0.1) is 0 Å². The molecule has 0 rings (SSSR count). The molecule has 2 unspecified atom stereocenters. The van der Waals surface area contributed by atoms with Gasteiger partial charge < -0.3 is 10.2 Å². The largest absolute Gasteiger partial charge is 0.390 e. The van der Waals surface area contributed by atoms with Gasteiger partial charge in [0.1, 0.15) is 0 Å². The predicted molar refractivity (Wildman–Crippen MR) is 176 cm³/mol. The van der Waals surface area contributed by atoms with Gasteiger partial charge in [0.15, 0.2) is 0 Å². The second kappa shape index (κ2) is 34.1. The van der Waals surface area contributed by atoms with Crippen LogP contribution in [0.4, 0.5) is 0 Å². The zero-order valence-electron chi connectivity index (χ0n) is 27.4. The Morgan fingerprint density at radius 1 is 0.256 bits per heavy atom. The summed E-state index contributed by atoms with van der Waals surface area (Å²) in [6, 6.07) is 0. The first-order valence-electron chi connectivity index (χ1n) is 18.6. The summed E-state index contributed by atoms with van der Waals surface area (Å²) in [5.41, 5.74) is 0. The molecular weight excluding hydrogens is 476 g/mol. The van der Waals surface area contributed by atoms with Crippen molar-refractivity contribution in [2.45, 2.75) is 238 Å². The molecule has 236 valence electrons. The summed E-state index contributed by atoms with van der Waals surface area (Å²) in [7, 11) is 0. The zero-order chi connectivity index (χ0) is 28.5. The van der Waals surface area contributed by atoms with Gasteiger partial charge in [-0.1, -0.05) is 213 Å². The minimum atomic E-state index is -0.510. The third kappa shape index (κ3) is 32.3. The van der Waals surface area contributed by atoms with Crippen LogP contribution < -0.4 is 0 Å². The number of hydrogen-bond donors (Lipinski definition) is 2. The van der Waals surface area contributed by atoms with Gasteiger partial charge in [-0.25, -0.2) is 0 Å². The zero-order valence-corrected chi connectivity index (χ0v) is 27.4. The summed E-state index contributed by atoms with van der Waals surface area (Å²) >= 11 is 0. The van der Waals surface area contributed by atoms with E-state index >= 15 is 0 Å². The molecule has 0 spiro atoms. The van der Waals surface area contributed by atoms with Gasteiger partial charge in [0, 0.05) is 0 Å². The lowest BCUT2D eigenvalue weighted by molar-refractivity contribution is 0.00711. The molecule has 2 atom stereocenters. The molecule has 0 saturated heterocycles. The summed E-state index contributed by atoms with van der Waals surface area (Å²) in [4.78, 5) is 0. The Labute approximate surface area is 247 Å². The highest BCUT2D eigenvalue weighted by atomic mass is 16.3. The Morgan fingerprint density at radius 2 is 0.410 bits per heavy atom. The molecule has 0 aliphatic carbocycles. The van der Waals surface area contributed by atoms with Gasteiger partial charge in [-0.2, -0.15) is 0 Å². The first-order valence-corrected chi connectivity index (χ1v) is 18.6. The van der Waals surface area contributed by atoms with Crippen molar-refractivity contribution in [3.8, 4) is 0 Å². The van der Waals surface area contributed by atoms with Crippen molar-refractivity contribution >= 4 is 0 Å².